The molecule has 1 atom stereocenters. The SMILES string of the molecule is C[C@@H](NCCO)c1ccc(N2CCN(C)CC2)c(F)c1. The highest BCUT2D eigenvalue weighted by Gasteiger charge is 2.18. The molecule has 1 fully saturated rings. The van der Waals surface area contributed by atoms with E-state index in [0.29, 0.717) is 12.2 Å². The van der Waals surface area contributed by atoms with Gasteiger partial charge < -0.3 is 20.2 Å². The predicted octanol–water partition coefficient (Wildman–Crippen LogP) is 1.22. The van der Waals surface area contributed by atoms with Crippen molar-refractivity contribution in [3.05, 3.63) is 29.6 Å². The number of benzene rings is 1. The highest BCUT2D eigenvalue weighted by atomic mass is 19.1. The zero-order valence-corrected chi connectivity index (χ0v) is 12.3. The molecule has 1 aromatic rings. The smallest absolute Gasteiger partial charge is 0.146 e. The van der Waals surface area contributed by atoms with Gasteiger partial charge in [0.2, 0.25) is 0 Å². The maximum absolute atomic E-state index is 14.3. The Kier molecular flexibility index (Phi) is 5.34. The van der Waals surface area contributed by atoms with Gasteiger partial charge in [0.25, 0.3) is 0 Å². The summed E-state index contributed by atoms with van der Waals surface area (Å²) in [7, 11) is 2.09. The summed E-state index contributed by atoms with van der Waals surface area (Å²) in [5, 5.41) is 11.9. The molecule has 1 aliphatic rings. The number of aliphatic hydroxyl groups is 1. The Morgan fingerprint density at radius 3 is 2.60 bits per heavy atom. The van der Waals surface area contributed by atoms with E-state index in [-0.39, 0.29) is 18.5 Å². The molecule has 0 saturated carbocycles. The molecule has 1 aliphatic heterocycles. The Bertz CT molecular complexity index is 433. The monoisotopic (exact) mass is 281 g/mol. The topological polar surface area (TPSA) is 38.7 Å². The second-order valence-corrected chi connectivity index (χ2v) is 5.40. The zero-order valence-electron chi connectivity index (χ0n) is 12.3. The maximum Gasteiger partial charge on any atom is 0.146 e. The molecule has 2 N–H and O–H groups in total. The molecule has 1 saturated heterocycles. The number of anilines is 1. The van der Waals surface area contributed by atoms with Crippen molar-refractivity contribution in [3.63, 3.8) is 0 Å². The fourth-order valence-corrected chi connectivity index (χ4v) is 2.50. The second kappa shape index (κ2) is 7.02. The molecule has 1 aromatic carbocycles. The molecule has 2 rings (SSSR count). The molecule has 0 spiro atoms. The first-order chi connectivity index (χ1) is 9.61. The molecule has 1 heterocycles. The van der Waals surface area contributed by atoms with Crippen molar-refractivity contribution in [1.82, 2.24) is 10.2 Å². The van der Waals surface area contributed by atoms with Gasteiger partial charge in [-0.3, -0.25) is 0 Å². The van der Waals surface area contributed by atoms with E-state index in [4.69, 9.17) is 5.11 Å². The van der Waals surface area contributed by atoms with Crippen LogP contribution in [0.4, 0.5) is 10.1 Å². The second-order valence-electron chi connectivity index (χ2n) is 5.40. The first-order valence-corrected chi connectivity index (χ1v) is 7.19. The summed E-state index contributed by atoms with van der Waals surface area (Å²) < 4.78 is 14.3. The number of piperazine rings is 1. The van der Waals surface area contributed by atoms with Crippen molar-refractivity contribution in [1.29, 1.82) is 0 Å². The first kappa shape index (κ1) is 15.2. The van der Waals surface area contributed by atoms with Gasteiger partial charge in [-0.1, -0.05) is 6.07 Å². The molecular weight excluding hydrogens is 257 g/mol. The average Bonchev–Trinajstić information content (AvgIpc) is 2.46. The Hall–Kier alpha value is -1.17. The minimum atomic E-state index is -0.162. The van der Waals surface area contributed by atoms with E-state index in [1.54, 1.807) is 6.07 Å². The van der Waals surface area contributed by atoms with Crippen LogP contribution >= 0.6 is 0 Å². The van der Waals surface area contributed by atoms with Crippen LogP contribution in [0.5, 0.6) is 0 Å². The number of halogens is 1. The van der Waals surface area contributed by atoms with Gasteiger partial charge in [-0.15, -0.1) is 0 Å². The van der Waals surface area contributed by atoms with E-state index in [2.05, 4.69) is 22.2 Å². The normalized spacial score (nSPS) is 18.3. The van der Waals surface area contributed by atoms with Crippen LogP contribution in [-0.2, 0) is 0 Å². The van der Waals surface area contributed by atoms with Crippen LogP contribution in [0, 0.1) is 5.82 Å². The van der Waals surface area contributed by atoms with Gasteiger partial charge in [-0.2, -0.15) is 0 Å². The van der Waals surface area contributed by atoms with Gasteiger partial charge in [0.1, 0.15) is 5.82 Å². The van der Waals surface area contributed by atoms with Gasteiger partial charge in [-0.05, 0) is 31.7 Å². The summed E-state index contributed by atoms with van der Waals surface area (Å²) in [6.07, 6.45) is 0. The Morgan fingerprint density at radius 1 is 1.30 bits per heavy atom. The fourth-order valence-electron chi connectivity index (χ4n) is 2.50. The number of rotatable bonds is 5. The van der Waals surface area contributed by atoms with E-state index in [1.165, 1.54) is 0 Å². The fraction of sp³-hybridized carbons (Fsp3) is 0.600. The quantitative estimate of drug-likeness (QED) is 0.851. The number of nitrogens with zero attached hydrogens (tertiary/aromatic N) is 2. The number of aliphatic hydroxyl groups excluding tert-OH is 1. The molecule has 0 aromatic heterocycles. The predicted molar refractivity (Wildman–Crippen MR) is 79.6 cm³/mol. The van der Waals surface area contributed by atoms with Crippen LogP contribution < -0.4 is 10.2 Å². The summed E-state index contributed by atoms with van der Waals surface area (Å²) in [4.78, 5) is 4.36. The molecule has 112 valence electrons. The minimum absolute atomic E-state index is 0.0400. The minimum Gasteiger partial charge on any atom is -0.395 e. The number of hydrogen-bond acceptors (Lipinski definition) is 4. The van der Waals surface area contributed by atoms with E-state index in [0.717, 1.165) is 31.7 Å². The number of likely N-dealkylation sites (N-methyl/N-ethyl adjacent to an activating group) is 1. The van der Waals surface area contributed by atoms with Gasteiger partial charge in [0, 0.05) is 38.8 Å². The standard InChI is InChI=1S/C15H24FN3O/c1-12(17-5-10-20)13-3-4-15(14(16)11-13)19-8-6-18(2)7-9-19/h3-4,11-12,17,20H,5-10H2,1-2H3/t12-/m1/s1. The lowest BCUT2D eigenvalue weighted by Gasteiger charge is -2.34. The van der Waals surface area contributed by atoms with Crippen molar-refractivity contribution < 1.29 is 9.50 Å². The van der Waals surface area contributed by atoms with Crippen molar-refractivity contribution in [2.75, 3.05) is 51.3 Å². The Balaban J connectivity index is 2.05. The van der Waals surface area contributed by atoms with Crippen LogP contribution in [0.2, 0.25) is 0 Å². The summed E-state index contributed by atoms with van der Waals surface area (Å²) in [6, 6.07) is 5.47. The Morgan fingerprint density at radius 2 is 2.00 bits per heavy atom. The molecule has 0 radical (unpaired) electrons. The Labute approximate surface area is 120 Å². The molecular formula is C15H24FN3O. The van der Waals surface area contributed by atoms with Gasteiger partial charge in [0.05, 0.1) is 12.3 Å². The van der Waals surface area contributed by atoms with Crippen molar-refractivity contribution >= 4 is 5.69 Å². The highest BCUT2D eigenvalue weighted by Crippen LogP contribution is 2.24. The average molecular weight is 281 g/mol. The summed E-state index contributed by atoms with van der Waals surface area (Å²) in [5.74, 6) is -0.162. The van der Waals surface area contributed by atoms with Gasteiger partial charge in [0.15, 0.2) is 0 Å². The molecule has 5 heteroatoms. The van der Waals surface area contributed by atoms with E-state index in [9.17, 15) is 4.39 Å². The lowest BCUT2D eigenvalue weighted by Crippen LogP contribution is -2.44. The highest BCUT2D eigenvalue weighted by molar-refractivity contribution is 5.50. The van der Waals surface area contributed by atoms with Crippen molar-refractivity contribution in [2.45, 2.75) is 13.0 Å². The van der Waals surface area contributed by atoms with Crippen molar-refractivity contribution in [2.24, 2.45) is 0 Å². The lowest BCUT2D eigenvalue weighted by atomic mass is 10.1. The number of hydrogen-bond donors (Lipinski definition) is 2. The molecule has 0 aliphatic carbocycles. The summed E-state index contributed by atoms with van der Waals surface area (Å²) >= 11 is 0. The molecule has 0 unspecified atom stereocenters. The van der Waals surface area contributed by atoms with E-state index < -0.39 is 0 Å². The summed E-state index contributed by atoms with van der Waals surface area (Å²) in [6.45, 7) is 6.25. The third-order valence-corrected chi connectivity index (χ3v) is 3.88. The third-order valence-electron chi connectivity index (χ3n) is 3.88. The van der Waals surface area contributed by atoms with Crippen LogP contribution in [0.1, 0.15) is 18.5 Å². The van der Waals surface area contributed by atoms with Crippen LogP contribution in [0.3, 0.4) is 0 Å². The maximum atomic E-state index is 14.3. The third kappa shape index (κ3) is 3.69. The summed E-state index contributed by atoms with van der Waals surface area (Å²) in [5.41, 5.74) is 1.60. The molecule has 4 nitrogen and oxygen atoms in total. The van der Waals surface area contributed by atoms with E-state index >= 15 is 0 Å². The largest absolute Gasteiger partial charge is 0.395 e. The van der Waals surface area contributed by atoms with Crippen LogP contribution in [0.15, 0.2) is 18.2 Å². The van der Waals surface area contributed by atoms with Crippen LogP contribution in [-0.4, -0.2) is 56.4 Å². The van der Waals surface area contributed by atoms with Gasteiger partial charge in [-0.25, -0.2) is 4.39 Å². The van der Waals surface area contributed by atoms with Crippen LogP contribution in [0.25, 0.3) is 0 Å². The molecule has 0 bridgehead atoms. The van der Waals surface area contributed by atoms with Crippen molar-refractivity contribution in [3.8, 4) is 0 Å². The molecule has 20 heavy (non-hydrogen) atoms. The lowest BCUT2D eigenvalue weighted by molar-refractivity contribution is 0.286. The number of nitrogens with one attached hydrogen (secondary N) is 1. The zero-order chi connectivity index (χ0) is 14.5. The first-order valence-electron chi connectivity index (χ1n) is 7.19. The van der Waals surface area contributed by atoms with Gasteiger partial charge >= 0.3 is 0 Å². The van der Waals surface area contributed by atoms with E-state index in [1.807, 2.05) is 19.1 Å². The molecule has 0 amide bonds.